The predicted molar refractivity (Wildman–Crippen MR) is 78.3 cm³/mol. The summed E-state index contributed by atoms with van der Waals surface area (Å²) in [5.41, 5.74) is 0.950. The Bertz CT molecular complexity index is 484. The molecule has 2 heterocycles. The van der Waals surface area contributed by atoms with Crippen molar-refractivity contribution in [1.29, 1.82) is 0 Å². The van der Waals surface area contributed by atoms with E-state index in [1.54, 1.807) is 12.1 Å². The molecule has 1 N–H and O–H groups in total. The largest absolute Gasteiger partial charge is 0.376 e. The van der Waals surface area contributed by atoms with Crippen LogP contribution in [-0.2, 0) is 4.74 Å². The normalized spacial score (nSPS) is 33.2. The molecule has 3 rings (SSSR count). The van der Waals surface area contributed by atoms with Gasteiger partial charge in [-0.15, -0.1) is 0 Å². The van der Waals surface area contributed by atoms with Crippen LogP contribution in [0.15, 0.2) is 24.3 Å². The quantitative estimate of drug-likeness (QED) is 0.848. The molecular weight excluding hydrogens is 253 g/mol. The summed E-state index contributed by atoms with van der Waals surface area (Å²) in [6.45, 7) is 7.01. The molecule has 2 fully saturated rings. The fraction of sp³-hybridized carbons (Fsp3) is 0.647. The van der Waals surface area contributed by atoms with Crippen LogP contribution >= 0.6 is 0 Å². The molecule has 0 aromatic heterocycles. The van der Waals surface area contributed by atoms with E-state index in [2.05, 4.69) is 19.2 Å². The van der Waals surface area contributed by atoms with Gasteiger partial charge in [-0.3, -0.25) is 0 Å². The summed E-state index contributed by atoms with van der Waals surface area (Å²) in [7, 11) is 0. The lowest BCUT2D eigenvalue weighted by molar-refractivity contribution is -0.119. The van der Waals surface area contributed by atoms with E-state index in [0.29, 0.717) is 0 Å². The van der Waals surface area contributed by atoms with Crippen molar-refractivity contribution in [2.75, 3.05) is 19.7 Å². The first-order chi connectivity index (χ1) is 9.53. The maximum Gasteiger partial charge on any atom is 0.126 e. The van der Waals surface area contributed by atoms with Crippen LogP contribution in [0.4, 0.5) is 4.39 Å². The highest BCUT2D eigenvalue weighted by molar-refractivity contribution is 5.26. The van der Waals surface area contributed by atoms with Crippen molar-refractivity contribution < 1.29 is 9.13 Å². The van der Waals surface area contributed by atoms with Gasteiger partial charge in [-0.1, -0.05) is 18.2 Å². The van der Waals surface area contributed by atoms with E-state index < -0.39 is 0 Å². The topological polar surface area (TPSA) is 21.3 Å². The van der Waals surface area contributed by atoms with E-state index in [9.17, 15) is 4.39 Å². The van der Waals surface area contributed by atoms with Gasteiger partial charge in [0.25, 0.3) is 0 Å². The highest BCUT2D eigenvalue weighted by atomic mass is 19.1. The third-order valence-corrected chi connectivity index (χ3v) is 5.04. The third kappa shape index (κ3) is 2.49. The van der Waals surface area contributed by atoms with Gasteiger partial charge in [0, 0.05) is 19.1 Å². The smallest absolute Gasteiger partial charge is 0.126 e. The number of rotatable bonds is 1. The fourth-order valence-corrected chi connectivity index (χ4v) is 4.20. The van der Waals surface area contributed by atoms with E-state index in [1.165, 1.54) is 0 Å². The maximum absolute atomic E-state index is 14.2. The fourth-order valence-electron chi connectivity index (χ4n) is 4.20. The van der Waals surface area contributed by atoms with Crippen molar-refractivity contribution >= 4 is 0 Å². The van der Waals surface area contributed by atoms with E-state index in [1.807, 2.05) is 12.1 Å². The summed E-state index contributed by atoms with van der Waals surface area (Å²) >= 11 is 0. The van der Waals surface area contributed by atoms with Crippen molar-refractivity contribution in [3.8, 4) is 0 Å². The van der Waals surface area contributed by atoms with Crippen LogP contribution in [0.1, 0.15) is 44.6 Å². The van der Waals surface area contributed by atoms with Crippen molar-refractivity contribution in [3.63, 3.8) is 0 Å². The monoisotopic (exact) mass is 277 g/mol. The number of benzene rings is 1. The summed E-state index contributed by atoms with van der Waals surface area (Å²) in [6.07, 6.45) is 3.16. The van der Waals surface area contributed by atoms with Gasteiger partial charge >= 0.3 is 0 Å². The number of nitrogens with one attached hydrogen (secondary N) is 1. The Kier molecular flexibility index (Phi) is 3.59. The number of piperidine rings is 1. The minimum atomic E-state index is -0.0981. The molecule has 0 bridgehead atoms. The van der Waals surface area contributed by atoms with E-state index >= 15 is 0 Å². The van der Waals surface area contributed by atoms with Gasteiger partial charge in [-0.25, -0.2) is 4.39 Å². The highest BCUT2D eigenvalue weighted by Gasteiger charge is 2.48. The van der Waals surface area contributed by atoms with Gasteiger partial charge in [-0.2, -0.15) is 0 Å². The Morgan fingerprint density at radius 3 is 2.80 bits per heavy atom. The molecular formula is C17H24FNO. The zero-order valence-corrected chi connectivity index (χ0v) is 12.4. The van der Waals surface area contributed by atoms with Crippen LogP contribution in [0, 0.1) is 11.2 Å². The summed E-state index contributed by atoms with van der Waals surface area (Å²) in [5.74, 6) is 0.186. The minimum Gasteiger partial charge on any atom is -0.376 e. The third-order valence-electron chi connectivity index (χ3n) is 5.04. The second-order valence-corrected chi connectivity index (χ2v) is 6.93. The van der Waals surface area contributed by atoms with Crippen molar-refractivity contribution in [2.45, 2.75) is 44.6 Å². The standard InChI is InChI=1S/C17H24FNO/c1-16(2)12-17(8-10-20-16)7-9-19-11-14(17)13-5-3-4-6-15(13)18/h3-6,14,19H,7-12H2,1-2H3. The van der Waals surface area contributed by atoms with Crippen molar-refractivity contribution in [3.05, 3.63) is 35.6 Å². The van der Waals surface area contributed by atoms with Crippen molar-refractivity contribution in [2.24, 2.45) is 5.41 Å². The molecule has 2 saturated heterocycles. The molecule has 2 nitrogen and oxygen atoms in total. The van der Waals surface area contributed by atoms with E-state index in [-0.39, 0.29) is 22.8 Å². The van der Waals surface area contributed by atoms with Crippen LogP contribution in [0.2, 0.25) is 0 Å². The average Bonchev–Trinajstić information content (AvgIpc) is 2.39. The lowest BCUT2D eigenvalue weighted by atomic mass is 9.60. The number of hydrogen-bond acceptors (Lipinski definition) is 2. The van der Waals surface area contributed by atoms with Gasteiger partial charge in [-0.05, 0) is 56.7 Å². The molecule has 2 aliphatic heterocycles. The zero-order chi connectivity index (χ0) is 14.2. The SMILES string of the molecule is CC1(C)CC2(CCNCC2c2ccccc2F)CCO1. The Balaban J connectivity index is 1.97. The molecule has 3 heteroatoms. The Hall–Kier alpha value is -0.930. The molecule has 2 aliphatic rings. The first kappa shape index (κ1) is 14.0. The van der Waals surface area contributed by atoms with Crippen LogP contribution in [0.3, 0.4) is 0 Å². The van der Waals surface area contributed by atoms with Gasteiger partial charge < -0.3 is 10.1 Å². The molecule has 0 aliphatic carbocycles. The van der Waals surface area contributed by atoms with Gasteiger partial charge in [0.2, 0.25) is 0 Å². The molecule has 2 unspecified atom stereocenters. The summed E-state index contributed by atoms with van der Waals surface area (Å²) in [4.78, 5) is 0. The Labute approximate surface area is 120 Å². The molecule has 0 radical (unpaired) electrons. The summed E-state index contributed by atoms with van der Waals surface area (Å²) in [6, 6.07) is 7.26. The van der Waals surface area contributed by atoms with E-state index in [4.69, 9.17) is 4.74 Å². The maximum atomic E-state index is 14.2. The Morgan fingerprint density at radius 2 is 2.05 bits per heavy atom. The lowest BCUT2D eigenvalue weighted by Crippen LogP contribution is -2.51. The van der Waals surface area contributed by atoms with Gasteiger partial charge in [0.05, 0.1) is 5.60 Å². The van der Waals surface area contributed by atoms with Gasteiger partial charge in [0.1, 0.15) is 5.82 Å². The molecule has 0 amide bonds. The average molecular weight is 277 g/mol. The lowest BCUT2D eigenvalue weighted by Gasteiger charge is -2.52. The Morgan fingerprint density at radius 1 is 1.25 bits per heavy atom. The highest BCUT2D eigenvalue weighted by Crippen LogP contribution is 2.52. The first-order valence-corrected chi connectivity index (χ1v) is 7.62. The first-order valence-electron chi connectivity index (χ1n) is 7.62. The number of ether oxygens (including phenoxy) is 1. The molecule has 1 aromatic carbocycles. The minimum absolute atomic E-state index is 0.0649. The summed E-state index contributed by atoms with van der Waals surface area (Å²) < 4.78 is 20.1. The van der Waals surface area contributed by atoms with Crippen molar-refractivity contribution in [1.82, 2.24) is 5.32 Å². The molecule has 0 saturated carbocycles. The molecule has 20 heavy (non-hydrogen) atoms. The van der Waals surface area contributed by atoms with E-state index in [0.717, 1.165) is 44.5 Å². The zero-order valence-electron chi connectivity index (χ0n) is 12.4. The molecule has 1 aromatic rings. The van der Waals surface area contributed by atoms with Crippen LogP contribution in [0.25, 0.3) is 0 Å². The van der Waals surface area contributed by atoms with Crippen LogP contribution < -0.4 is 5.32 Å². The van der Waals surface area contributed by atoms with Crippen LogP contribution in [0.5, 0.6) is 0 Å². The van der Waals surface area contributed by atoms with Crippen LogP contribution in [-0.4, -0.2) is 25.3 Å². The van der Waals surface area contributed by atoms with Gasteiger partial charge in [0.15, 0.2) is 0 Å². The molecule has 2 atom stereocenters. The molecule has 110 valence electrons. The second kappa shape index (κ2) is 5.12. The second-order valence-electron chi connectivity index (χ2n) is 6.93. The number of hydrogen-bond donors (Lipinski definition) is 1. The predicted octanol–water partition coefficient (Wildman–Crippen LogP) is 3.48. The molecule has 1 spiro atoms. The number of halogens is 1. The summed E-state index contributed by atoms with van der Waals surface area (Å²) in [5, 5.41) is 3.45.